The summed E-state index contributed by atoms with van der Waals surface area (Å²) in [7, 11) is 0. The van der Waals surface area contributed by atoms with Crippen LogP contribution in [0.5, 0.6) is 0 Å². The van der Waals surface area contributed by atoms with E-state index < -0.39 is 0 Å². The summed E-state index contributed by atoms with van der Waals surface area (Å²) in [6.45, 7) is 3.49. The lowest BCUT2D eigenvalue weighted by Crippen LogP contribution is -2.06. The maximum Gasteiger partial charge on any atom is 0.211 e. The lowest BCUT2D eigenvalue weighted by Gasteiger charge is -2.09. The number of thioether (sulfide) groups is 3. The molecule has 1 heterocycles. The van der Waals surface area contributed by atoms with Gasteiger partial charge >= 0.3 is 0 Å². The van der Waals surface area contributed by atoms with Crippen molar-refractivity contribution in [3.8, 4) is 0 Å². The van der Waals surface area contributed by atoms with Crippen molar-refractivity contribution in [2.24, 2.45) is 0 Å². The van der Waals surface area contributed by atoms with E-state index in [-0.39, 0.29) is 5.12 Å². The molecule has 2 atom stereocenters. The van der Waals surface area contributed by atoms with Crippen molar-refractivity contribution in [1.29, 1.82) is 0 Å². The summed E-state index contributed by atoms with van der Waals surface area (Å²) < 4.78 is 0.528. The predicted molar refractivity (Wildman–Crippen MR) is 80.7 cm³/mol. The smallest absolute Gasteiger partial charge is 0.211 e. The fourth-order valence-electron chi connectivity index (χ4n) is 1.55. The summed E-state index contributed by atoms with van der Waals surface area (Å²) in [6.07, 6.45) is 1.39. The van der Waals surface area contributed by atoms with Gasteiger partial charge in [-0.15, -0.1) is 23.5 Å². The largest absolute Gasteiger partial charge is 0.282 e. The van der Waals surface area contributed by atoms with E-state index in [2.05, 4.69) is 30.8 Å². The topological polar surface area (TPSA) is 17.1 Å². The highest BCUT2D eigenvalue weighted by atomic mass is 32.2. The third-order valence-corrected chi connectivity index (χ3v) is 6.99. The zero-order valence-electron chi connectivity index (χ0n) is 9.37. The molecule has 0 aromatic heterocycles. The maximum atomic E-state index is 11.1. The molecule has 1 saturated heterocycles. The van der Waals surface area contributed by atoms with Gasteiger partial charge in [-0.2, -0.15) is 0 Å². The highest BCUT2D eigenvalue weighted by Gasteiger charge is 2.27. The molecule has 1 nitrogen and oxygen atoms in total. The van der Waals surface area contributed by atoms with E-state index >= 15 is 0 Å². The Morgan fingerprint density at radius 2 is 2.24 bits per heavy atom. The molecule has 4 heteroatoms. The van der Waals surface area contributed by atoms with Crippen molar-refractivity contribution in [1.82, 2.24) is 0 Å². The van der Waals surface area contributed by atoms with Crippen LogP contribution in [0.4, 0.5) is 0 Å². The van der Waals surface area contributed by atoms with E-state index in [1.54, 1.807) is 0 Å². The van der Waals surface area contributed by atoms with Crippen LogP contribution in [0.25, 0.3) is 0 Å². The molecule has 17 heavy (non-hydrogen) atoms. The van der Waals surface area contributed by atoms with E-state index in [0.29, 0.717) is 9.83 Å². The average molecular weight is 282 g/mol. The standard InChI is InChI=1S/C13H14OS3/c1-2-12(14)15-8-11-9-16-13(17-11)10-6-4-3-5-7-10/h2-7,11,13H,1,8-9H2. The molecule has 1 aliphatic rings. The van der Waals surface area contributed by atoms with Crippen molar-refractivity contribution in [2.45, 2.75) is 9.83 Å². The highest BCUT2D eigenvalue weighted by molar-refractivity contribution is 8.21. The Bertz CT molecular complexity index is 391. The Labute approximate surface area is 115 Å². The summed E-state index contributed by atoms with van der Waals surface area (Å²) in [5.41, 5.74) is 1.38. The van der Waals surface area contributed by atoms with Gasteiger partial charge in [0.15, 0.2) is 0 Å². The van der Waals surface area contributed by atoms with Crippen molar-refractivity contribution in [3.05, 3.63) is 48.6 Å². The molecule has 0 amide bonds. The van der Waals surface area contributed by atoms with Gasteiger partial charge in [-0.05, 0) is 11.6 Å². The molecule has 2 rings (SSSR count). The average Bonchev–Trinajstić information content (AvgIpc) is 2.86. The van der Waals surface area contributed by atoms with Crippen LogP contribution >= 0.6 is 35.3 Å². The van der Waals surface area contributed by atoms with E-state index in [9.17, 15) is 4.79 Å². The fourth-order valence-corrected chi connectivity index (χ4v) is 5.90. The first-order valence-electron chi connectivity index (χ1n) is 5.41. The summed E-state index contributed by atoms with van der Waals surface area (Å²) >= 11 is 5.33. The monoisotopic (exact) mass is 282 g/mol. The zero-order chi connectivity index (χ0) is 12.1. The van der Waals surface area contributed by atoms with Crippen molar-refractivity contribution in [3.63, 3.8) is 0 Å². The second kappa shape index (κ2) is 6.57. The van der Waals surface area contributed by atoms with Crippen LogP contribution in [0.1, 0.15) is 10.1 Å². The van der Waals surface area contributed by atoms with Gasteiger partial charge < -0.3 is 0 Å². The molecular weight excluding hydrogens is 268 g/mol. The fraction of sp³-hybridized carbons (Fsp3) is 0.308. The first-order valence-corrected chi connectivity index (χ1v) is 8.38. The Balaban J connectivity index is 1.84. The lowest BCUT2D eigenvalue weighted by molar-refractivity contribution is -0.107. The maximum absolute atomic E-state index is 11.1. The molecular formula is C13H14OS3. The minimum Gasteiger partial charge on any atom is -0.282 e. The quantitative estimate of drug-likeness (QED) is 0.777. The Morgan fingerprint density at radius 3 is 2.94 bits per heavy atom. The van der Waals surface area contributed by atoms with Gasteiger partial charge in [0, 0.05) is 16.8 Å². The van der Waals surface area contributed by atoms with E-state index in [0.717, 1.165) is 11.5 Å². The van der Waals surface area contributed by atoms with E-state index in [4.69, 9.17) is 0 Å². The predicted octanol–water partition coefficient (Wildman–Crippen LogP) is 3.98. The second-order valence-electron chi connectivity index (χ2n) is 3.67. The first-order chi connectivity index (χ1) is 8.29. The number of hydrogen-bond acceptors (Lipinski definition) is 4. The summed E-state index contributed by atoms with van der Waals surface area (Å²) in [6, 6.07) is 10.6. The van der Waals surface area contributed by atoms with Gasteiger partial charge in [0.2, 0.25) is 5.12 Å². The minimum atomic E-state index is 0.0822. The molecule has 0 aliphatic carbocycles. The second-order valence-corrected chi connectivity index (χ2v) is 7.54. The molecule has 0 saturated carbocycles. The van der Waals surface area contributed by atoms with Crippen LogP contribution in [-0.2, 0) is 4.79 Å². The SMILES string of the molecule is C=CC(=O)SCC1CSC(c2ccccc2)S1. The summed E-state index contributed by atoms with van der Waals surface area (Å²) in [4.78, 5) is 11.1. The summed E-state index contributed by atoms with van der Waals surface area (Å²) in [5, 5.41) is 0.651. The number of benzene rings is 1. The first kappa shape index (κ1) is 13.1. The summed E-state index contributed by atoms with van der Waals surface area (Å²) in [5.74, 6) is 2.02. The molecule has 1 aromatic carbocycles. The molecule has 0 N–H and O–H groups in total. The van der Waals surface area contributed by atoms with Crippen LogP contribution in [0, 0.1) is 0 Å². The lowest BCUT2D eigenvalue weighted by atomic mass is 10.2. The third-order valence-electron chi connectivity index (χ3n) is 2.40. The highest BCUT2D eigenvalue weighted by Crippen LogP contribution is 2.49. The van der Waals surface area contributed by atoms with Gasteiger partial charge in [0.1, 0.15) is 0 Å². The van der Waals surface area contributed by atoms with Crippen LogP contribution in [0.2, 0.25) is 0 Å². The van der Waals surface area contributed by atoms with Gasteiger partial charge in [0.05, 0.1) is 4.58 Å². The Kier molecular flexibility index (Phi) is 5.07. The van der Waals surface area contributed by atoms with Crippen LogP contribution < -0.4 is 0 Å². The Hall–Kier alpha value is -0.320. The molecule has 90 valence electrons. The van der Waals surface area contributed by atoms with Crippen LogP contribution in [0.3, 0.4) is 0 Å². The normalized spacial score (nSPS) is 23.5. The molecule has 2 unspecified atom stereocenters. The number of hydrogen-bond donors (Lipinski definition) is 0. The van der Waals surface area contributed by atoms with E-state index in [1.165, 1.54) is 23.4 Å². The number of carbonyl (C=O) groups is 1. The van der Waals surface area contributed by atoms with Crippen molar-refractivity contribution in [2.75, 3.05) is 11.5 Å². The van der Waals surface area contributed by atoms with Crippen LogP contribution in [0.15, 0.2) is 43.0 Å². The van der Waals surface area contributed by atoms with Gasteiger partial charge in [0.25, 0.3) is 0 Å². The molecule has 0 spiro atoms. The third kappa shape index (κ3) is 3.83. The van der Waals surface area contributed by atoms with Gasteiger partial charge in [-0.25, -0.2) is 0 Å². The number of rotatable bonds is 4. The number of carbonyl (C=O) groups excluding carboxylic acids is 1. The van der Waals surface area contributed by atoms with Crippen molar-refractivity contribution >= 4 is 40.4 Å². The van der Waals surface area contributed by atoms with Crippen LogP contribution in [-0.4, -0.2) is 21.9 Å². The van der Waals surface area contributed by atoms with Gasteiger partial charge in [-0.3, -0.25) is 4.79 Å². The molecule has 1 aliphatic heterocycles. The van der Waals surface area contributed by atoms with E-state index in [1.807, 2.05) is 29.6 Å². The van der Waals surface area contributed by atoms with Crippen molar-refractivity contribution < 1.29 is 4.79 Å². The molecule has 1 aromatic rings. The molecule has 0 radical (unpaired) electrons. The Morgan fingerprint density at radius 1 is 1.47 bits per heavy atom. The van der Waals surface area contributed by atoms with Gasteiger partial charge in [-0.1, -0.05) is 48.7 Å². The molecule has 0 bridgehead atoms. The zero-order valence-corrected chi connectivity index (χ0v) is 11.8. The minimum absolute atomic E-state index is 0.0822. The molecule has 1 fully saturated rings.